The van der Waals surface area contributed by atoms with E-state index in [0.717, 1.165) is 0 Å². The first-order valence-corrected chi connectivity index (χ1v) is 10.1. The van der Waals surface area contributed by atoms with Crippen molar-refractivity contribution < 1.29 is 22.3 Å². The van der Waals surface area contributed by atoms with E-state index in [9.17, 15) is 17.6 Å². The smallest absolute Gasteiger partial charge is 0.227 e. The van der Waals surface area contributed by atoms with E-state index in [2.05, 4.69) is 0 Å². The number of halogens is 1. The van der Waals surface area contributed by atoms with E-state index < -0.39 is 15.8 Å². The molecule has 1 aromatic carbocycles. The number of carbonyl (C=O) groups excluding carboxylic acids is 1. The second kappa shape index (κ2) is 8.62. The Labute approximate surface area is 148 Å². The maximum absolute atomic E-state index is 13.7. The number of carbonyl (C=O) groups is 1. The first-order chi connectivity index (χ1) is 11.9. The summed E-state index contributed by atoms with van der Waals surface area (Å²) in [6.07, 6.45) is 1.26. The molecule has 1 aliphatic rings. The van der Waals surface area contributed by atoms with Gasteiger partial charge >= 0.3 is 0 Å². The highest BCUT2D eigenvalue weighted by atomic mass is 32.2. The SMILES string of the molecule is CCCS(=O)(=O)N1CCCN(C(=O)Cc2ccc(OC)c(F)c2)CC1. The van der Waals surface area contributed by atoms with Crippen LogP contribution in [0.5, 0.6) is 5.75 Å². The fourth-order valence-corrected chi connectivity index (χ4v) is 4.46. The molecule has 0 saturated carbocycles. The lowest BCUT2D eigenvalue weighted by Crippen LogP contribution is -2.38. The highest BCUT2D eigenvalue weighted by Crippen LogP contribution is 2.19. The monoisotopic (exact) mass is 372 g/mol. The van der Waals surface area contributed by atoms with Crippen LogP contribution in [-0.4, -0.2) is 62.6 Å². The molecule has 0 N–H and O–H groups in total. The molecule has 0 atom stereocenters. The number of sulfonamides is 1. The van der Waals surface area contributed by atoms with Crippen LogP contribution < -0.4 is 4.74 Å². The van der Waals surface area contributed by atoms with Gasteiger partial charge in [-0.15, -0.1) is 0 Å². The predicted octanol–water partition coefficient (Wildman–Crippen LogP) is 1.65. The molecule has 0 unspecified atom stereocenters. The third-order valence-electron chi connectivity index (χ3n) is 4.23. The molecule has 140 valence electrons. The molecule has 6 nitrogen and oxygen atoms in total. The summed E-state index contributed by atoms with van der Waals surface area (Å²) in [6, 6.07) is 4.46. The summed E-state index contributed by atoms with van der Waals surface area (Å²) >= 11 is 0. The van der Waals surface area contributed by atoms with Crippen molar-refractivity contribution in [3.05, 3.63) is 29.6 Å². The van der Waals surface area contributed by atoms with E-state index in [1.807, 2.05) is 6.92 Å². The summed E-state index contributed by atoms with van der Waals surface area (Å²) in [4.78, 5) is 14.1. The number of benzene rings is 1. The Balaban J connectivity index is 1.98. The lowest BCUT2D eigenvalue weighted by atomic mass is 10.1. The Morgan fingerprint density at radius 2 is 2.00 bits per heavy atom. The Bertz CT molecular complexity index is 709. The molecular weight excluding hydrogens is 347 g/mol. The van der Waals surface area contributed by atoms with Crippen molar-refractivity contribution in [1.29, 1.82) is 0 Å². The lowest BCUT2D eigenvalue weighted by molar-refractivity contribution is -0.130. The Hall–Kier alpha value is -1.67. The van der Waals surface area contributed by atoms with Crippen molar-refractivity contribution >= 4 is 15.9 Å². The van der Waals surface area contributed by atoms with Crippen molar-refractivity contribution in [2.75, 3.05) is 39.0 Å². The lowest BCUT2D eigenvalue weighted by Gasteiger charge is -2.22. The molecule has 2 rings (SSSR count). The van der Waals surface area contributed by atoms with E-state index in [1.54, 1.807) is 11.0 Å². The summed E-state index contributed by atoms with van der Waals surface area (Å²) < 4.78 is 44.4. The van der Waals surface area contributed by atoms with E-state index in [4.69, 9.17) is 4.74 Å². The molecule has 1 fully saturated rings. The van der Waals surface area contributed by atoms with E-state index in [1.165, 1.54) is 23.5 Å². The van der Waals surface area contributed by atoms with Gasteiger partial charge in [0, 0.05) is 26.2 Å². The number of hydrogen-bond donors (Lipinski definition) is 0. The fraction of sp³-hybridized carbons (Fsp3) is 0.588. The molecule has 1 aliphatic heterocycles. The van der Waals surface area contributed by atoms with Crippen LogP contribution >= 0.6 is 0 Å². The van der Waals surface area contributed by atoms with Gasteiger partial charge in [-0.2, -0.15) is 0 Å². The second-order valence-electron chi connectivity index (χ2n) is 6.10. The Kier molecular flexibility index (Phi) is 6.78. The zero-order valence-electron chi connectivity index (χ0n) is 14.7. The van der Waals surface area contributed by atoms with Crippen molar-refractivity contribution in [3.63, 3.8) is 0 Å². The van der Waals surface area contributed by atoms with Gasteiger partial charge in [-0.1, -0.05) is 13.0 Å². The summed E-state index contributed by atoms with van der Waals surface area (Å²) in [5, 5.41) is 0. The van der Waals surface area contributed by atoms with Gasteiger partial charge in [0.15, 0.2) is 11.6 Å². The highest BCUT2D eigenvalue weighted by Gasteiger charge is 2.26. The number of methoxy groups -OCH3 is 1. The number of rotatable bonds is 6. The number of amides is 1. The van der Waals surface area contributed by atoms with E-state index in [0.29, 0.717) is 44.6 Å². The largest absolute Gasteiger partial charge is 0.494 e. The van der Waals surface area contributed by atoms with Crippen LogP contribution in [0, 0.1) is 5.82 Å². The quantitative estimate of drug-likeness (QED) is 0.762. The summed E-state index contributed by atoms with van der Waals surface area (Å²) in [7, 11) is -1.86. The normalized spacial score (nSPS) is 16.5. The second-order valence-corrected chi connectivity index (χ2v) is 8.18. The third-order valence-corrected chi connectivity index (χ3v) is 6.31. The molecule has 0 aliphatic carbocycles. The van der Waals surface area contributed by atoms with Crippen LogP contribution in [0.3, 0.4) is 0 Å². The average molecular weight is 372 g/mol. The molecule has 1 heterocycles. The first kappa shape index (κ1) is 19.7. The molecule has 1 amide bonds. The molecule has 0 spiro atoms. The van der Waals surface area contributed by atoms with Gasteiger partial charge in [0.2, 0.25) is 15.9 Å². The van der Waals surface area contributed by atoms with Crippen molar-refractivity contribution in [2.45, 2.75) is 26.2 Å². The maximum Gasteiger partial charge on any atom is 0.227 e. The molecular formula is C17H25FN2O4S. The minimum absolute atomic E-state index is 0.0859. The Morgan fingerprint density at radius 1 is 1.24 bits per heavy atom. The van der Waals surface area contributed by atoms with Gasteiger partial charge in [0.1, 0.15) is 0 Å². The first-order valence-electron chi connectivity index (χ1n) is 8.45. The van der Waals surface area contributed by atoms with Gasteiger partial charge in [-0.25, -0.2) is 17.1 Å². The van der Waals surface area contributed by atoms with Gasteiger partial charge in [0.05, 0.1) is 19.3 Å². The third kappa shape index (κ3) is 5.15. The fourth-order valence-electron chi connectivity index (χ4n) is 2.91. The van der Waals surface area contributed by atoms with E-state index >= 15 is 0 Å². The van der Waals surface area contributed by atoms with Crippen LogP contribution in [0.1, 0.15) is 25.3 Å². The van der Waals surface area contributed by atoms with Crippen LogP contribution in [0.2, 0.25) is 0 Å². The van der Waals surface area contributed by atoms with Crippen molar-refractivity contribution in [2.24, 2.45) is 0 Å². The molecule has 1 saturated heterocycles. The molecule has 8 heteroatoms. The van der Waals surface area contributed by atoms with Gasteiger partial charge in [-0.3, -0.25) is 4.79 Å². The van der Waals surface area contributed by atoms with Gasteiger partial charge < -0.3 is 9.64 Å². The highest BCUT2D eigenvalue weighted by molar-refractivity contribution is 7.89. The number of hydrogen-bond acceptors (Lipinski definition) is 4. The summed E-state index contributed by atoms with van der Waals surface area (Å²) in [6.45, 7) is 3.45. The zero-order valence-corrected chi connectivity index (χ0v) is 15.5. The van der Waals surface area contributed by atoms with Gasteiger partial charge in [-0.05, 0) is 30.5 Å². The molecule has 0 bridgehead atoms. The van der Waals surface area contributed by atoms with Crippen LogP contribution in [0.25, 0.3) is 0 Å². The van der Waals surface area contributed by atoms with Crippen LogP contribution in [0.15, 0.2) is 18.2 Å². The Morgan fingerprint density at radius 3 is 2.64 bits per heavy atom. The summed E-state index contributed by atoms with van der Waals surface area (Å²) in [5.74, 6) is -0.353. The minimum Gasteiger partial charge on any atom is -0.494 e. The molecule has 0 radical (unpaired) electrons. The maximum atomic E-state index is 13.7. The average Bonchev–Trinajstić information content (AvgIpc) is 2.81. The van der Waals surface area contributed by atoms with Crippen LogP contribution in [-0.2, 0) is 21.2 Å². The van der Waals surface area contributed by atoms with Gasteiger partial charge in [0.25, 0.3) is 0 Å². The zero-order chi connectivity index (χ0) is 18.4. The predicted molar refractivity (Wildman–Crippen MR) is 93.5 cm³/mol. The number of nitrogens with zero attached hydrogens (tertiary/aromatic N) is 2. The topological polar surface area (TPSA) is 66.9 Å². The molecule has 0 aromatic heterocycles. The molecule has 1 aromatic rings. The standard InChI is InChI=1S/C17H25FN2O4S/c1-3-11-25(22,23)20-8-4-7-19(9-10-20)17(21)13-14-5-6-16(24-2)15(18)12-14/h5-6,12H,3-4,7-11,13H2,1-2H3. The number of ether oxygens (including phenoxy) is 1. The van der Waals surface area contributed by atoms with Crippen molar-refractivity contribution in [1.82, 2.24) is 9.21 Å². The van der Waals surface area contributed by atoms with Crippen LogP contribution in [0.4, 0.5) is 4.39 Å². The minimum atomic E-state index is -3.25. The van der Waals surface area contributed by atoms with Crippen molar-refractivity contribution in [3.8, 4) is 5.75 Å². The van der Waals surface area contributed by atoms with E-state index in [-0.39, 0.29) is 23.8 Å². The molecule has 25 heavy (non-hydrogen) atoms. The summed E-state index contributed by atoms with van der Waals surface area (Å²) in [5.41, 5.74) is 0.572.